The van der Waals surface area contributed by atoms with Crippen LogP contribution in [-0.4, -0.2) is 28.6 Å². The molecule has 1 aromatic heterocycles. The van der Waals surface area contributed by atoms with Gasteiger partial charge in [0.15, 0.2) is 0 Å². The zero-order valence-corrected chi connectivity index (χ0v) is 12.4. The van der Waals surface area contributed by atoms with Gasteiger partial charge < -0.3 is 10.1 Å². The van der Waals surface area contributed by atoms with Gasteiger partial charge in [-0.1, -0.05) is 13.8 Å². The summed E-state index contributed by atoms with van der Waals surface area (Å²) in [5.74, 6) is -0.893. The molecule has 1 fully saturated rings. The van der Waals surface area contributed by atoms with Crippen molar-refractivity contribution in [2.75, 3.05) is 6.54 Å². The molecular formula is C14H19N3O4. The van der Waals surface area contributed by atoms with Crippen molar-refractivity contribution in [3.63, 3.8) is 0 Å². The number of esters is 1. The predicted octanol–water partition coefficient (Wildman–Crippen LogP) is 0.284. The lowest BCUT2D eigenvalue weighted by atomic mass is 9.79. The van der Waals surface area contributed by atoms with E-state index in [0.29, 0.717) is 12.1 Å². The van der Waals surface area contributed by atoms with Gasteiger partial charge in [-0.3, -0.25) is 19.5 Å². The number of aryl methyl sites for hydroxylation is 1. The molecule has 0 radical (unpaired) electrons. The van der Waals surface area contributed by atoms with Crippen LogP contribution >= 0.6 is 0 Å². The number of amides is 1. The summed E-state index contributed by atoms with van der Waals surface area (Å²) in [4.78, 5) is 35.3. The van der Waals surface area contributed by atoms with Crippen molar-refractivity contribution in [3.8, 4) is 0 Å². The second-order valence-electron chi connectivity index (χ2n) is 5.96. The number of piperidine rings is 1. The second kappa shape index (κ2) is 5.67. The van der Waals surface area contributed by atoms with Crippen LogP contribution in [0.25, 0.3) is 0 Å². The second-order valence-corrected chi connectivity index (χ2v) is 5.96. The molecule has 1 aromatic rings. The molecule has 0 bridgehead atoms. The lowest BCUT2D eigenvalue weighted by Gasteiger charge is -2.33. The lowest BCUT2D eigenvalue weighted by molar-refractivity contribution is -0.153. The lowest BCUT2D eigenvalue weighted by Crippen LogP contribution is -2.49. The minimum Gasteiger partial charge on any atom is -0.459 e. The summed E-state index contributed by atoms with van der Waals surface area (Å²) in [6, 6.07) is 1.40. The Balaban J connectivity index is 1.96. The fourth-order valence-electron chi connectivity index (χ4n) is 2.29. The molecule has 21 heavy (non-hydrogen) atoms. The molecule has 114 valence electrons. The first-order chi connectivity index (χ1) is 9.79. The summed E-state index contributed by atoms with van der Waals surface area (Å²) in [7, 11) is 0. The van der Waals surface area contributed by atoms with Gasteiger partial charge in [-0.05, 0) is 13.3 Å². The van der Waals surface area contributed by atoms with Crippen molar-refractivity contribution in [1.29, 1.82) is 0 Å². The van der Waals surface area contributed by atoms with Gasteiger partial charge in [-0.25, -0.2) is 0 Å². The average molecular weight is 293 g/mol. The van der Waals surface area contributed by atoms with E-state index in [1.54, 1.807) is 20.8 Å². The molecule has 7 nitrogen and oxygen atoms in total. The molecule has 1 aliphatic rings. The summed E-state index contributed by atoms with van der Waals surface area (Å²) in [6.07, 6.45) is 0.426. The summed E-state index contributed by atoms with van der Waals surface area (Å²) in [5, 5.41) is 9.21. The van der Waals surface area contributed by atoms with Gasteiger partial charge in [0, 0.05) is 23.7 Å². The maximum atomic E-state index is 12.0. The standard InChI is InChI=1S/C14H19N3O4/c1-8-4-11(18)10(17-16-8)7-21-12(19)9-5-14(2,3)13(20)15-6-9/h4,9H,5-7H2,1-3H3,(H,15,20)(H,16,18). The third-order valence-corrected chi connectivity index (χ3v) is 3.56. The van der Waals surface area contributed by atoms with Crippen molar-refractivity contribution >= 4 is 11.9 Å². The fraction of sp³-hybridized carbons (Fsp3) is 0.571. The third kappa shape index (κ3) is 3.48. The van der Waals surface area contributed by atoms with Gasteiger partial charge in [0.1, 0.15) is 12.3 Å². The minimum absolute atomic E-state index is 0.0665. The highest BCUT2D eigenvalue weighted by Gasteiger charge is 2.39. The Morgan fingerprint density at radius 2 is 2.19 bits per heavy atom. The van der Waals surface area contributed by atoms with Gasteiger partial charge in [-0.15, -0.1) is 0 Å². The third-order valence-electron chi connectivity index (χ3n) is 3.56. The molecule has 7 heteroatoms. The molecule has 0 aromatic carbocycles. The van der Waals surface area contributed by atoms with Crippen LogP contribution in [0, 0.1) is 18.3 Å². The molecular weight excluding hydrogens is 274 g/mol. The molecule has 1 atom stereocenters. The van der Waals surface area contributed by atoms with E-state index >= 15 is 0 Å². The van der Waals surface area contributed by atoms with Crippen LogP contribution in [0.2, 0.25) is 0 Å². The summed E-state index contributed by atoms with van der Waals surface area (Å²) >= 11 is 0. The van der Waals surface area contributed by atoms with E-state index in [9.17, 15) is 14.4 Å². The Kier molecular flexibility index (Phi) is 4.11. The first kappa shape index (κ1) is 15.2. The number of H-pyrrole nitrogens is 1. The molecule has 2 rings (SSSR count). The smallest absolute Gasteiger partial charge is 0.311 e. The number of carbonyl (C=O) groups is 2. The molecule has 2 heterocycles. The van der Waals surface area contributed by atoms with Crippen LogP contribution in [0.5, 0.6) is 0 Å². The Labute approximate surface area is 122 Å². The SMILES string of the molecule is Cc1cc(=O)c(COC(=O)C2CNC(=O)C(C)(C)C2)n[nH]1. The Morgan fingerprint density at radius 3 is 2.81 bits per heavy atom. The largest absolute Gasteiger partial charge is 0.459 e. The number of aromatic amines is 1. The number of nitrogens with zero attached hydrogens (tertiary/aromatic N) is 1. The molecule has 1 unspecified atom stereocenters. The van der Waals surface area contributed by atoms with Crippen molar-refractivity contribution in [2.24, 2.45) is 11.3 Å². The topological polar surface area (TPSA) is 101 Å². The van der Waals surface area contributed by atoms with E-state index < -0.39 is 17.3 Å². The van der Waals surface area contributed by atoms with Crippen molar-refractivity contribution < 1.29 is 14.3 Å². The first-order valence-electron chi connectivity index (χ1n) is 6.80. The van der Waals surface area contributed by atoms with Crippen molar-refractivity contribution in [3.05, 3.63) is 27.7 Å². The van der Waals surface area contributed by atoms with Gasteiger partial charge >= 0.3 is 5.97 Å². The summed E-state index contributed by atoms with van der Waals surface area (Å²) in [5.41, 5.74) is -0.0576. The maximum Gasteiger partial charge on any atom is 0.311 e. The molecule has 0 aliphatic carbocycles. The predicted molar refractivity (Wildman–Crippen MR) is 74.3 cm³/mol. The monoisotopic (exact) mass is 293 g/mol. The highest BCUT2D eigenvalue weighted by Crippen LogP contribution is 2.29. The summed E-state index contributed by atoms with van der Waals surface area (Å²) < 4.78 is 5.14. The normalized spacial score (nSPS) is 20.7. The van der Waals surface area contributed by atoms with E-state index in [-0.39, 0.29) is 30.2 Å². The van der Waals surface area contributed by atoms with Crippen LogP contribution in [0.4, 0.5) is 0 Å². The van der Waals surface area contributed by atoms with Gasteiger partial charge in [-0.2, -0.15) is 5.10 Å². The molecule has 1 saturated heterocycles. The van der Waals surface area contributed by atoms with Crippen LogP contribution < -0.4 is 10.7 Å². The van der Waals surface area contributed by atoms with Gasteiger partial charge in [0.2, 0.25) is 11.3 Å². The van der Waals surface area contributed by atoms with Crippen LogP contribution in [0.15, 0.2) is 10.9 Å². The summed E-state index contributed by atoms with van der Waals surface area (Å²) in [6.45, 7) is 5.39. The quantitative estimate of drug-likeness (QED) is 0.780. The number of ether oxygens (including phenoxy) is 1. The molecule has 1 amide bonds. The van der Waals surface area contributed by atoms with E-state index in [1.165, 1.54) is 6.07 Å². The Bertz CT molecular complexity index is 621. The van der Waals surface area contributed by atoms with Crippen molar-refractivity contribution in [2.45, 2.75) is 33.8 Å². The van der Waals surface area contributed by atoms with E-state index in [4.69, 9.17) is 4.74 Å². The van der Waals surface area contributed by atoms with E-state index in [1.807, 2.05) is 0 Å². The number of aromatic nitrogens is 2. The van der Waals surface area contributed by atoms with Gasteiger partial charge in [0.05, 0.1) is 5.92 Å². The number of hydrogen-bond donors (Lipinski definition) is 2. The van der Waals surface area contributed by atoms with Crippen LogP contribution in [0.1, 0.15) is 31.7 Å². The molecule has 0 spiro atoms. The minimum atomic E-state index is -0.596. The Hall–Kier alpha value is -2.18. The number of rotatable bonds is 3. The molecule has 1 aliphatic heterocycles. The highest BCUT2D eigenvalue weighted by atomic mass is 16.5. The molecule has 0 saturated carbocycles. The zero-order chi connectivity index (χ0) is 15.6. The highest BCUT2D eigenvalue weighted by molar-refractivity contribution is 5.85. The maximum absolute atomic E-state index is 12.0. The average Bonchev–Trinajstić information content (AvgIpc) is 2.40. The van der Waals surface area contributed by atoms with Crippen LogP contribution in [-0.2, 0) is 20.9 Å². The number of carbonyl (C=O) groups excluding carboxylic acids is 2. The molecule has 2 N–H and O–H groups in total. The van der Waals surface area contributed by atoms with Crippen LogP contribution in [0.3, 0.4) is 0 Å². The van der Waals surface area contributed by atoms with E-state index in [2.05, 4.69) is 15.5 Å². The van der Waals surface area contributed by atoms with Crippen molar-refractivity contribution in [1.82, 2.24) is 15.5 Å². The number of nitrogens with one attached hydrogen (secondary N) is 2. The van der Waals surface area contributed by atoms with E-state index in [0.717, 1.165) is 0 Å². The first-order valence-corrected chi connectivity index (χ1v) is 6.80. The zero-order valence-electron chi connectivity index (χ0n) is 12.4. The Morgan fingerprint density at radius 1 is 1.48 bits per heavy atom. The van der Waals surface area contributed by atoms with Gasteiger partial charge in [0.25, 0.3) is 0 Å². The fourth-order valence-corrected chi connectivity index (χ4v) is 2.29. The number of hydrogen-bond acceptors (Lipinski definition) is 5.